The molecule has 1 aliphatic rings. The summed E-state index contributed by atoms with van der Waals surface area (Å²) in [5.41, 5.74) is 1.19. The summed E-state index contributed by atoms with van der Waals surface area (Å²) in [6, 6.07) is 3.08. The zero-order valence-electron chi connectivity index (χ0n) is 15.5. The molecule has 0 aliphatic carbocycles. The van der Waals surface area contributed by atoms with Gasteiger partial charge in [0, 0.05) is 12.2 Å². The fourth-order valence-corrected chi connectivity index (χ4v) is 2.95. The fraction of sp³-hybridized carbons (Fsp3) is 0.444. The smallest absolute Gasteiger partial charge is 0.387 e. The molecule has 1 atom stereocenters. The highest BCUT2D eigenvalue weighted by Gasteiger charge is 2.36. The van der Waals surface area contributed by atoms with Crippen LogP contribution in [-0.2, 0) is 9.53 Å². The number of nitrogens with one attached hydrogen (secondary N) is 1. The third kappa shape index (κ3) is 4.29. The van der Waals surface area contributed by atoms with Crippen molar-refractivity contribution in [1.82, 2.24) is 10.2 Å². The van der Waals surface area contributed by atoms with Crippen molar-refractivity contribution < 1.29 is 32.6 Å². The average molecular weight is 384 g/mol. The van der Waals surface area contributed by atoms with E-state index in [-0.39, 0.29) is 29.7 Å². The number of benzene rings is 1. The van der Waals surface area contributed by atoms with Crippen molar-refractivity contribution in [3.63, 3.8) is 0 Å². The lowest BCUT2D eigenvalue weighted by atomic mass is 9.94. The molecule has 148 valence electrons. The first-order chi connectivity index (χ1) is 12.8. The predicted octanol–water partition coefficient (Wildman–Crippen LogP) is 3.22. The van der Waals surface area contributed by atoms with Gasteiger partial charge in [0.1, 0.15) is 0 Å². The summed E-state index contributed by atoms with van der Waals surface area (Å²) < 4.78 is 39.9. The van der Waals surface area contributed by atoms with Crippen molar-refractivity contribution >= 4 is 12.0 Å². The summed E-state index contributed by atoms with van der Waals surface area (Å²) in [5, 5.41) is 2.74. The molecule has 0 saturated carbocycles. The van der Waals surface area contributed by atoms with Gasteiger partial charge in [0.15, 0.2) is 11.5 Å². The molecule has 0 saturated heterocycles. The second-order valence-electron chi connectivity index (χ2n) is 5.64. The molecular formula is C18H22F2N2O5. The van der Waals surface area contributed by atoms with Gasteiger partial charge in [0.2, 0.25) is 0 Å². The summed E-state index contributed by atoms with van der Waals surface area (Å²) in [5.74, 6) is -0.639. The Bertz CT molecular complexity index is 751. The molecule has 0 unspecified atom stereocenters. The number of carbonyl (C=O) groups is 2. The van der Waals surface area contributed by atoms with Crippen LogP contribution in [0.2, 0.25) is 0 Å². The van der Waals surface area contributed by atoms with E-state index in [1.165, 1.54) is 30.2 Å². The second kappa shape index (κ2) is 8.70. The fourth-order valence-electron chi connectivity index (χ4n) is 2.95. The van der Waals surface area contributed by atoms with Crippen molar-refractivity contribution in [3.8, 4) is 11.5 Å². The van der Waals surface area contributed by atoms with Crippen molar-refractivity contribution in [2.75, 3.05) is 20.3 Å². The van der Waals surface area contributed by atoms with Crippen LogP contribution in [0.25, 0.3) is 0 Å². The Morgan fingerprint density at radius 2 is 2.00 bits per heavy atom. The number of halogens is 2. The molecule has 0 bridgehead atoms. The SMILES string of the molecule is CCOc1cc([C@@H]2NC(=O)N(CC)C(C)=C2C(=O)OC)ccc1OC(F)F. The molecule has 2 amide bonds. The van der Waals surface area contributed by atoms with Crippen LogP contribution in [0.4, 0.5) is 13.6 Å². The van der Waals surface area contributed by atoms with E-state index in [9.17, 15) is 18.4 Å². The zero-order chi connectivity index (χ0) is 20.1. The Hall–Kier alpha value is -2.84. The Balaban J connectivity index is 2.53. The van der Waals surface area contributed by atoms with Crippen LogP contribution in [0.1, 0.15) is 32.4 Å². The number of rotatable bonds is 7. The molecule has 1 N–H and O–H groups in total. The first-order valence-corrected chi connectivity index (χ1v) is 8.42. The van der Waals surface area contributed by atoms with Crippen LogP contribution < -0.4 is 14.8 Å². The van der Waals surface area contributed by atoms with Crippen LogP contribution in [0, 0.1) is 0 Å². The van der Waals surface area contributed by atoms with Crippen molar-refractivity contribution in [2.45, 2.75) is 33.4 Å². The van der Waals surface area contributed by atoms with Gasteiger partial charge in [-0.15, -0.1) is 0 Å². The number of hydrogen-bond donors (Lipinski definition) is 1. The number of alkyl halides is 2. The number of methoxy groups -OCH3 is 1. The van der Waals surface area contributed by atoms with E-state index in [0.717, 1.165) is 0 Å². The number of esters is 1. The predicted molar refractivity (Wildman–Crippen MR) is 92.6 cm³/mol. The Morgan fingerprint density at radius 3 is 2.56 bits per heavy atom. The highest BCUT2D eigenvalue weighted by molar-refractivity contribution is 5.95. The third-order valence-corrected chi connectivity index (χ3v) is 4.13. The number of carbonyl (C=O) groups excluding carboxylic acids is 2. The molecular weight excluding hydrogens is 362 g/mol. The normalized spacial score (nSPS) is 17.1. The number of nitrogens with zero attached hydrogens (tertiary/aromatic N) is 1. The molecule has 0 aromatic heterocycles. The van der Waals surface area contributed by atoms with E-state index in [4.69, 9.17) is 9.47 Å². The van der Waals surface area contributed by atoms with E-state index in [2.05, 4.69) is 10.1 Å². The van der Waals surface area contributed by atoms with Crippen molar-refractivity contribution in [3.05, 3.63) is 35.0 Å². The molecule has 9 heteroatoms. The standard InChI is InChI=1S/C18H22F2N2O5/c1-5-22-10(3)14(16(23)25-4)15(21-18(22)24)11-7-8-12(27-17(19)20)13(9-11)26-6-2/h7-9,15,17H,5-6H2,1-4H3,(H,21,24)/t15-/m0/s1. The number of amides is 2. The lowest BCUT2D eigenvalue weighted by Crippen LogP contribution is -2.47. The monoisotopic (exact) mass is 384 g/mol. The highest BCUT2D eigenvalue weighted by atomic mass is 19.3. The van der Waals surface area contributed by atoms with E-state index < -0.39 is 18.6 Å². The quantitative estimate of drug-likeness (QED) is 0.731. The summed E-state index contributed by atoms with van der Waals surface area (Å²) in [7, 11) is 1.25. The van der Waals surface area contributed by atoms with Crippen molar-refractivity contribution in [2.24, 2.45) is 0 Å². The zero-order valence-corrected chi connectivity index (χ0v) is 15.5. The first-order valence-electron chi connectivity index (χ1n) is 8.42. The molecule has 1 aliphatic heterocycles. The third-order valence-electron chi connectivity index (χ3n) is 4.13. The number of urea groups is 1. The van der Waals surface area contributed by atoms with Gasteiger partial charge in [-0.05, 0) is 38.5 Å². The van der Waals surface area contributed by atoms with E-state index in [1.54, 1.807) is 20.8 Å². The molecule has 27 heavy (non-hydrogen) atoms. The maximum Gasteiger partial charge on any atom is 0.387 e. The van der Waals surface area contributed by atoms with E-state index >= 15 is 0 Å². The van der Waals surface area contributed by atoms with Gasteiger partial charge in [0.25, 0.3) is 0 Å². The number of allylic oxidation sites excluding steroid dienone is 1. The minimum Gasteiger partial charge on any atom is -0.490 e. The minimum atomic E-state index is -3.00. The van der Waals surface area contributed by atoms with Crippen LogP contribution in [0.15, 0.2) is 29.5 Å². The second-order valence-corrected chi connectivity index (χ2v) is 5.64. The van der Waals surface area contributed by atoms with Crippen LogP contribution in [0.5, 0.6) is 11.5 Å². The van der Waals surface area contributed by atoms with E-state index in [1.807, 2.05) is 0 Å². The summed E-state index contributed by atoms with van der Waals surface area (Å²) in [6.07, 6.45) is 0. The molecule has 0 radical (unpaired) electrons. The maximum atomic E-state index is 12.6. The Morgan fingerprint density at radius 1 is 1.30 bits per heavy atom. The van der Waals surface area contributed by atoms with Gasteiger partial charge < -0.3 is 19.5 Å². The topological polar surface area (TPSA) is 77.1 Å². The summed E-state index contributed by atoms with van der Waals surface area (Å²) >= 11 is 0. The molecule has 2 rings (SSSR count). The van der Waals surface area contributed by atoms with Gasteiger partial charge in [0.05, 0.1) is 25.3 Å². The molecule has 7 nitrogen and oxygen atoms in total. The highest BCUT2D eigenvalue weighted by Crippen LogP contribution is 2.36. The Kier molecular flexibility index (Phi) is 6.59. The number of hydrogen-bond acceptors (Lipinski definition) is 5. The first kappa shape index (κ1) is 20.5. The molecule has 1 heterocycles. The van der Waals surface area contributed by atoms with Gasteiger partial charge >= 0.3 is 18.6 Å². The Labute approximate surface area is 155 Å². The van der Waals surface area contributed by atoms with E-state index in [0.29, 0.717) is 17.8 Å². The largest absolute Gasteiger partial charge is 0.490 e. The molecule has 1 aromatic carbocycles. The minimum absolute atomic E-state index is 0.0874. The van der Waals surface area contributed by atoms with Gasteiger partial charge in [-0.3, -0.25) is 4.90 Å². The number of ether oxygens (including phenoxy) is 3. The molecule has 0 fully saturated rings. The van der Waals surface area contributed by atoms with Crippen LogP contribution in [-0.4, -0.2) is 43.8 Å². The maximum absolute atomic E-state index is 12.6. The average Bonchev–Trinajstić information content (AvgIpc) is 2.62. The van der Waals surface area contributed by atoms with Gasteiger partial charge in [-0.25, -0.2) is 9.59 Å². The summed E-state index contributed by atoms with van der Waals surface area (Å²) in [6.45, 7) is 2.72. The lowest BCUT2D eigenvalue weighted by Gasteiger charge is -2.34. The van der Waals surface area contributed by atoms with Gasteiger partial charge in [-0.2, -0.15) is 8.78 Å². The summed E-state index contributed by atoms with van der Waals surface area (Å²) in [4.78, 5) is 26.1. The van der Waals surface area contributed by atoms with Crippen molar-refractivity contribution in [1.29, 1.82) is 0 Å². The lowest BCUT2D eigenvalue weighted by molar-refractivity contribution is -0.136. The van der Waals surface area contributed by atoms with Crippen LogP contribution >= 0.6 is 0 Å². The molecule has 1 aromatic rings. The van der Waals surface area contributed by atoms with Crippen LogP contribution in [0.3, 0.4) is 0 Å². The molecule has 0 spiro atoms. The van der Waals surface area contributed by atoms with Gasteiger partial charge in [-0.1, -0.05) is 6.07 Å².